The van der Waals surface area contributed by atoms with Gasteiger partial charge in [-0.05, 0) is 77.1 Å². The molecule has 0 radical (unpaired) electrons. The summed E-state index contributed by atoms with van der Waals surface area (Å²) in [5, 5.41) is 0.00325. The minimum Gasteiger partial charge on any atom is -0.547 e. The molecule has 2 atom stereocenters. The Labute approximate surface area is 216 Å². The highest BCUT2D eigenvalue weighted by Crippen LogP contribution is 2.50. The zero-order valence-electron chi connectivity index (χ0n) is 23.4. The second kappa shape index (κ2) is 12.5. The Morgan fingerprint density at radius 3 is 2.31 bits per heavy atom. The molecule has 8 heteroatoms. The molecule has 0 aromatic carbocycles. The van der Waals surface area contributed by atoms with Crippen LogP contribution in [0.25, 0.3) is 0 Å². The van der Waals surface area contributed by atoms with Crippen LogP contribution in [0.3, 0.4) is 0 Å². The van der Waals surface area contributed by atoms with Gasteiger partial charge in [0.15, 0.2) is 0 Å². The lowest BCUT2D eigenvalue weighted by atomic mass is 9.60. The summed E-state index contributed by atoms with van der Waals surface area (Å²) in [6.45, 7) is 18.1. The fraction of sp³-hybridized carbons (Fsp3) is 0.714. The molecule has 0 saturated heterocycles. The van der Waals surface area contributed by atoms with Crippen LogP contribution in [0.1, 0.15) is 87.0 Å². The fourth-order valence-corrected chi connectivity index (χ4v) is 5.51. The lowest BCUT2D eigenvalue weighted by molar-refractivity contribution is -0.199. The molecule has 0 aromatic heterocycles. The summed E-state index contributed by atoms with van der Waals surface area (Å²) >= 11 is 0. The maximum Gasteiger partial charge on any atom is 0.490 e. The molecular weight excluding hydrogens is 485 g/mol. The zero-order valence-corrected chi connectivity index (χ0v) is 24.4. The van der Waals surface area contributed by atoms with Crippen LogP contribution in [0.4, 0.5) is 13.2 Å². The fourth-order valence-electron chi connectivity index (χ4n) is 4.32. The highest BCUT2D eigenvalue weighted by Gasteiger charge is 2.49. The first-order valence-electron chi connectivity index (χ1n) is 12.6. The van der Waals surface area contributed by atoms with E-state index in [1.165, 1.54) is 0 Å². The average molecular weight is 529 g/mol. The van der Waals surface area contributed by atoms with E-state index in [1.54, 1.807) is 6.92 Å². The van der Waals surface area contributed by atoms with E-state index in [9.17, 15) is 22.8 Å². The number of rotatable bonds is 10. The van der Waals surface area contributed by atoms with Gasteiger partial charge < -0.3 is 9.16 Å². The highest BCUT2D eigenvalue weighted by atomic mass is 28.4. The molecule has 1 aliphatic carbocycles. The van der Waals surface area contributed by atoms with Crippen LogP contribution in [-0.2, 0) is 18.8 Å². The molecule has 1 rings (SSSR count). The smallest absolute Gasteiger partial charge is 0.490 e. The van der Waals surface area contributed by atoms with Gasteiger partial charge in [-0.3, -0.25) is 4.79 Å². The molecule has 36 heavy (non-hydrogen) atoms. The number of carbonyl (C=O) groups excluding carboxylic acids is 2. The van der Waals surface area contributed by atoms with Crippen molar-refractivity contribution in [1.82, 2.24) is 0 Å². The summed E-state index contributed by atoms with van der Waals surface area (Å²) in [4.78, 5) is 24.9. The lowest BCUT2D eigenvalue weighted by Crippen LogP contribution is -2.45. The molecule has 0 saturated carbocycles. The summed E-state index contributed by atoms with van der Waals surface area (Å²) in [5.74, 6) is 4.51. The SMILES string of the molecule is CC#C[C@H]1C(C)=C(O[Si](C)(C)C(C)(C)C)CC[C@]1(CCCOC(=O)C(F)(F)F)C(=O)CCC=C(C)C. The first-order chi connectivity index (χ1) is 16.4. The summed E-state index contributed by atoms with van der Waals surface area (Å²) < 4.78 is 48.7. The highest BCUT2D eigenvalue weighted by molar-refractivity contribution is 6.74. The molecule has 0 aromatic rings. The minimum absolute atomic E-state index is 0.00325. The van der Waals surface area contributed by atoms with Crippen LogP contribution in [0.15, 0.2) is 23.0 Å². The molecular formula is C28H43F3O4Si. The van der Waals surface area contributed by atoms with Crippen molar-refractivity contribution in [2.75, 3.05) is 6.61 Å². The van der Waals surface area contributed by atoms with Gasteiger partial charge in [-0.15, -0.1) is 5.92 Å². The average Bonchev–Trinajstić information content (AvgIpc) is 2.73. The van der Waals surface area contributed by atoms with Gasteiger partial charge in [0, 0.05) is 18.3 Å². The van der Waals surface area contributed by atoms with Gasteiger partial charge in [-0.1, -0.05) is 38.3 Å². The van der Waals surface area contributed by atoms with Crippen molar-refractivity contribution in [3.05, 3.63) is 23.0 Å². The molecule has 4 nitrogen and oxygen atoms in total. The topological polar surface area (TPSA) is 52.6 Å². The van der Waals surface area contributed by atoms with Crippen molar-refractivity contribution in [2.45, 2.75) is 111 Å². The van der Waals surface area contributed by atoms with Crippen molar-refractivity contribution in [1.29, 1.82) is 0 Å². The normalized spacial score (nSPS) is 20.8. The van der Waals surface area contributed by atoms with Gasteiger partial charge in [0.1, 0.15) is 5.78 Å². The van der Waals surface area contributed by atoms with Crippen LogP contribution in [0, 0.1) is 23.2 Å². The third-order valence-corrected chi connectivity index (χ3v) is 11.8. The van der Waals surface area contributed by atoms with Crippen molar-refractivity contribution in [2.24, 2.45) is 11.3 Å². The van der Waals surface area contributed by atoms with E-state index in [0.717, 1.165) is 16.9 Å². The number of ether oxygens (including phenoxy) is 1. The van der Waals surface area contributed by atoms with E-state index in [2.05, 4.69) is 50.4 Å². The molecule has 0 bridgehead atoms. The maximum atomic E-state index is 13.7. The van der Waals surface area contributed by atoms with E-state index in [1.807, 2.05) is 26.8 Å². The lowest BCUT2D eigenvalue weighted by Gasteiger charge is -2.45. The van der Waals surface area contributed by atoms with Gasteiger partial charge >= 0.3 is 12.1 Å². The number of esters is 1. The molecule has 0 unspecified atom stereocenters. The van der Waals surface area contributed by atoms with Gasteiger partial charge in [-0.25, -0.2) is 4.79 Å². The van der Waals surface area contributed by atoms with Gasteiger partial charge in [0.05, 0.1) is 18.3 Å². The molecule has 1 aliphatic rings. The van der Waals surface area contributed by atoms with Gasteiger partial charge in [0.25, 0.3) is 0 Å². The number of ketones is 1. The second-order valence-electron chi connectivity index (χ2n) is 11.4. The number of hydrogen-bond donors (Lipinski definition) is 0. The first-order valence-corrected chi connectivity index (χ1v) is 15.5. The van der Waals surface area contributed by atoms with E-state index in [4.69, 9.17) is 4.43 Å². The van der Waals surface area contributed by atoms with E-state index in [0.29, 0.717) is 25.7 Å². The Kier molecular flexibility index (Phi) is 11.1. The van der Waals surface area contributed by atoms with Crippen LogP contribution in [0.5, 0.6) is 0 Å². The second-order valence-corrected chi connectivity index (χ2v) is 16.2. The molecule has 0 amide bonds. The molecule has 0 N–H and O–H groups in total. The molecule has 0 aliphatic heterocycles. The third kappa shape index (κ3) is 8.26. The monoisotopic (exact) mass is 528 g/mol. The van der Waals surface area contributed by atoms with Gasteiger partial charge in [0.2, 0.25) is 8.32 Å². The predicted molar refractivity (Wildman–Crippen MR) is 140 cm³/mol. The van der Waals surface area contributed by atoms with E-state index >= 15 is 0 Å². The van der Waals surface area contributed by atoms with E-state index in [-0.39, 0.29) is 23.7 Å². The Morgan fingerprint density at radius 1 is 1.19 bits per heavy atom. The molecule has 0 heterocycles. The minimum atomic E-state index is -5.03. The summed E-state index contributed by atoms with van der Waals surface area (Å²) in [7, 11) is -2.12. The largest absolute Gasteiger partial charge is 0.547 e. The van der Waals surface area contributed by atoms with Gasteiger partial charge in [-0.2, -0.15) is 13.2 Å². The number of Topliss-reactive ketones (excluding diaryl/α,β-unsaturated/α-hetero) is 1. The molecule has 204 valence electrons. The standard InChI is InChI=1S/C28H43F3O4Si/c1-10-13-22-21(4)23(35-36(8,9)26(5,6)7)16-18-27(22,24(32)15-11-14-20(2)3)17-12-19-34-25(33)28(29,30)31/h14,22H,11-12,15-19H2,1-9H3/t22-,27-/m0/s1. The third-order valence-electron chi connectivity index (χ3n) is 7.41. The molecule has 0 spiro atoms. The molecule has 0 fully saturated rings. The summed E-state index contributed by atoms with van der Waals surface area (Å²) in [6.07, 6.45) is -0.621. The van der Waals surface area contributed by atoms with Crippen molar-refractivity contribution < 1.29 is 31.9 Å². The summed E-state index contributed by atoms with van der Waals surface area (Å²) in [5.41, 5.74) is 1.17. The Morgan fingerprint density at radius 2 is 1.81 bits per heavy atom. The Bertz CT molecular complexity index is 925. The van der Waals surface area contributed by atoms with Crippen molar-refractivity contribution in [3.8, 4) is 11.8 Å². The van der Waals surface area contributed by atoms with Crippen molar-refractivity contribution >= 4 is 20.1 Å². The van der Waals surface area contributed by atoms with E-state index < -0.39 is 38.4 Å². The number of hydrogen-bond acceptors (Lipinski definition) is 4. The summed E-state index contributed by atoms with van der Waals surface area (Å²) in [6, 6.07) is 0. The quantitative estimate of drug-likeness (QED) is 0.0951. The number of carbonyl (C=O) groups is 2. The van der Waals surface area contributed by atoms with Crippen LogP contribution in [0.2, 0.25) is 18.1 Å². The predicted octanol–water partition coefficient (Wildman–Crippen LogP) is 7.90. The van der Waals surface area contributed by atoms with Crippen LogP contribution < -0.4 is 0 Å². The van der Waals surface area contributed by atoms with Crippen LogP contribution in [-0.4, -0.2) is 32.9 Å². The number of halogens is 3. The van der Waals surface area contributed by atoms with Crippen LogP contribution >= 0.6 is 0 Å². The first kappa shape index (κ1) is 32.0. The number of allylic oxidation sites excluding steroid dienone is 4. The zero-order chi connectivity index (χ0) is 27.9. The Hall–Kier alpha value is -2.01. The number of alkyl halides is 3. The Balaban J connectivity index is 3.34. The maximum absolute atomic E-state index is 13.7. The van der Waals surface area contributed by atoms with Crippen molar-refractivity contribution in [3.63, 3.8) is 0 Å².